The average molecular weight is 416 g/mol. The number of hydrogen-bond acceptors (Lipinski definition) is 4. The van der Waals surface area contributed by atoms with Gasteiger partial charge < -0.3 is 11.5 Å². The maximum absolute atomic E-state index is 13.5. The van der Waals surface area contributed by atoms with Gasteiger partial charge in [-0.05, 0) is 49.6 Å². The summed E-state index contributed by atoms with van der Waals surface area (Å²) in [5.74, 6) is -0.154. The van der Waals surface area contributed by atoms with Crippen molar-refractivity contribution in [1.82, 2.24) is 3.97 Å². The van der Waals surface area contributed by atoms with E-state index in [1.54, 1.807) is 48.5 Å². The number of nitrogens with zero attached hydrogens (tertiary/aromatic N) is 3. The molecule has 144 valence electrons. The van der Waals surface area contributed by atoms with E-state index < -0.39 is 10.0 Å². The van der Waals surface area contributed by atoms with Gasteiger partial charge in [-0.3, -0.25) is 0 Å². The molecule has 1 heterocycles. The van der Waals surface area contributed by atoms with Gasteiger partial charge in [0.05, 0.1) is 16.1 Å². The summed E-state index contributed by atoms with van der Waals surface area (Å²) in [4.78, 5) is 0.220. The second-order valence-electron chi connectivity index (χ2n) is 6.49. The van der Waals surface area contributed by atoms with Crippen molar-refractivity contribution >= 4 is 44.2 Å². The Morgan fingerprint density at radius 3 is 2.54 bits per heavy atom. The molecule has 0 aliphatic heterocycles. The van der Waals surface area contributed by atoms with Crippen LogP contribution in [-0.4, -0.2) is 24.1 Å². The second kappa shape index (κ2) is 6.96. The highest BCUT2D eigenvalue weighted by molar-refractivity contribution is 7.90. The Kier molecular flexibility index (Phi) is 4.60. The number of hydrogen-bond donors (Lipinski definition) is 2. The van der Waals surface area contributed by atoms with Crippen LogP contribution in [0.5, 0.6) is 0 Å². The van der Waals surface area contributed by atoms with Crippen molar-refractivity contribution in [3.05, 3.63) is 64.8 Å². The van der Waals surface area contributed by atoms with Gasteiger partial charge in [-0.2, -0.15) is 5.10 Å². The molecule has 0 saturated carbocycles. The SMILES string of the molecule is NC(N)=N/N=C1/CCCc2c1c1cc(Cl)ccc1n2S(=O)(=O)c1ccccc1. The molecule has 28 heavy (non-hydrogen) atoms. The number of nitrogens with two attached hydrogens (primary N) is 2. The van der Waals surface area contributed by atoms with E-state index in [1.165, 1.54) is 3.97 Å². The topological polar surface area (TPSA) is 116 Å². The molecule has 0 radical (unpaired) electrons. The van der Waals surface area contributed by atoms with Gasteiger partial charge in [0.25, 0.3) is 10.0 Å². The van der Waals surface area contributed by atoms with Crippen LogP contribution in [0.1, 0.15) is 24.1 Å². The minimum Gasteiger partial charge on any atom is -0.369 e. The molecule has 0 atom stereocenters. The minimum absolute atomic E-state index is 0.154. The zero-order valence-electron chi connectivity index (χ0n) is 14.8. The number of guanidine groups is 1. The fourth-order valence-corrected chi connectivity index (χ4v) is 5.35. The first-order valence-corrected chi connectivity index (χ1v) is 10.5. The normalized spacial score (nSPS) is 15.5. The lowest BCUT2D eigenvalue weighted by molar-refractivity contribution is 0.586. The van der Waals surface area contributed by atoms with E-state index in [4.69, 9.17) is 23.1 Å². The molecular weight excluding hydrogens is 398 g/mol. The monoisotopic (exact) mass is 415 g/mol. The summed E-state index contributed by atoms with van der Waals surface area (Å²) in [5, 5.41) is 9.17. The lowest BCUT2D eigenvalue weighted by Gasteiger charge is -2.17. The average Bonchev–Trinajstić information content (AvgIpc) is 3.01. The first-order valence-electron chi connectivity index (χ1n) is 8.69. The Labute approximate surface area is 167 Å². The molecule has 7 nitrogen and oxygen atoms in total. The van der Waals surface area contributed by atoms with Crippen LogP contribution in [-0.2, 0) is 16.4 Å². The van der Waals surface area contributed by atoms with Crippen LogP contribution in [0.2, 0.25) is 5.02 Å². The Morgan fingerprint density at radius 2 is 1.82 bits per heavy atom. The smallest absolute Gasteiger partial charge is 0.268 e. The van der Waals surface area contributed by atoms with Gasteiger partial charge in [0.2, 0.25) is 5.96 Å². The third-order valence-electron chi connectivity index (χ3n) is 4.66. The van der Waals surface area contributed by atoms with E-state index in [1.807, 2.05) is 0 Å². The third kappa shape index (κ3) is 3.04. The summed E-state index contributed by atoms with van der Waals surface area (Å²) in [5.41, 5.74) is 13.4. The summed E-state index contributed by atoms with van der Waals surface area (Å²) < 4.78 is 28.3. The van der Waals surface area contributed by atoms with Crippen LogP contribution in [0.25, 0.3) is 10.9 Å². The minimum atomic E-state index is -3.80. The van der Waals surface area contributed by atoms with Gasteiger partial charge in [-0.25, -0.2) is 12.4 Å². The zero-order chi connectivity index (χ0) is 19.9. The van der Waals surface area contributed by atoms with Crippen LogP contribution in [0, 0.1) is 0 Å². The zero-order valence-corrected chi connectivity index (χ0v) is 16.4. The lowest BCUT2D eigenvalue weighted by Crippen LogP contribution is -2.23. The number of fused-ring (bicyclic) bond motifs is 3. The van der Waals surface area contributed by atoms with Gasteiger partial charge in [-0.1, -0.05) is 29.8 Å². The Bertz CT molecular complexity index is 1230. The molecule has 0 amide bonds. The highest BCUT2D eigenvalue weighted by Crippen LogP contribution is 2.36. The lowest BCUT2D eigenvalue weighted by atomic mass is 9.94. The molecule has 4 N–H and O–H groups in total. The summed E-state index contributed by atoms with van der Waals surface area (Å²) >= 11 is 6.21. The molecular formula is C19H18ClN5O2S. The van der Waals surface area contributed by atoms with E-state index in [9.17, 15) is 8.42 Å². The summed E-state index contributed by atoms with van der Waals surface area (Å²) in [6.45, 7) is 0. The summed E-state index contributed by atoms with van der Waals surface area (Å²) in [6, 6.07) is 13.5. The van der Waals surface area contributed by atoms with E-state index in [2.05, 4.69) is 10.2 Å². The molecule has 0 spiro atoms. The highest BCUT2D eigenvalue weighted by Gasteiger charge is 2.31. The largest absolute Gasteiger partial charge is 0.369 e. The number of benzene rings is 2. The van der Waals surface area contributed by atoms with Crippen molar-refractivity contribution in [2.45, 2.75) is 24.2 Å². The van der Waals surface area contributed by atoms with Crippen LogP contribution >= 0.6 is 11.6 Å². The van der Waals surface area contributed by atoms with Crippen molar-refractivity contribution in [2.24, 2.45) is 21.7 Å². The van der Waals surface area contributed by atoms with Crippen molar-refractivity contribution < 1.29 is 8.42 Å². The molecule has 0 bridgehead atoms. The summed E-state index contributed by atoms with van der Waals surface area (Å²) in [6.07, 6.45) is 1.97. The first kappa shape index (κ1) is 18.5. The molecule has 1 aliphatic carbocycles. The molecule has 2 aromatic carbocycles. The van der Waals surface area contributed by atoms with E-state index >= 15 is 0 Å². The number of rotatable bonds is 3. The quantitative estimate of drug-likeness (QED) is 0.388. The second-order valence-corrected chi connectivity index (χ2v) is 8.71. The Balaban J connectivity index is 2.08. The van der Waals surface area contributed by atoms with Gasteiger partial charge in [-0.15, -0.1) is 5.10 Å². The molecule has 1 aromatic heterocycles. The van der Waals surface area contributed by atoms with Crippen LogP contribution < -0.4 is 11.5 Å². The predicted molar refractivity (Wildman–Crippen MR) is 111 cm³/mol. The predicted octanol–water partition coefficient (Wildman–Crippen LogP) is 2.85. The Morgan fingerprint density at radius 1 is 1.07 bits per heavy atom. The number of aromatic nitrogens is 1. The van der Waals surface area contributed by atoms with Gasteiger partial charge >= 0.3 is 0 Å². The van der Waals surface area contributed by atoms with Crippen molar-refractivity contribution in [3.63, 3.8) is 0 Å². The van der Waals surface area contributed by atoms with Gasteiger partial charge in [0, 0.05) is 21.7 Å². The molecule has 3 aromatic rings. The van der Waals surface area contributed by atoms with Crippen molar-refractivity contribution in [3.8, 4) is 0 Å². The standard InChI is InChI=1S/C19H18ClN5O2S/c20-12-9-10-16-14(11-12)18-15(23-24-19(21)22)7-4-8-17(18)25(16)28(26,27)13-5-2-1-3-6-13/h1-3,5-6,9-11H,4,7-8H2,(H4,21,22,24)/b23-15-. The molecule has 4 rings (SSSR count). The van der Waals surface area contributed by atoms with Crippen LogP contribution in [0.15, 0.2) is 63.6 Å². The maximum Gasteiger partial charge on any atom is 0.268 e. The fourth-order valence-electron chi connectivity index (χ4n) is 3.58. The van der Waals surface area contributed by atoms with E-state index in [0.29, 0.717) is 40.2 Å². The molecule has 1 aliphatic rings. The van der Waals surface area contributed by atoms with Crippen molar-refractivity contribution in [1.29, 1.82) is 0 Å². The first-order chi connectivity index (χ1) is 13.4. The van der Waals surface area contributed by atoms with Gasteiger partial charge in [0.1, 0.15) is 0 Å². The highest BCUT2D eigenvalue weighted by atomic mass is 35.5. The maximum atomic E-state index is 13.5. The molecule has 0 fully saturated rings. The van der Waals surface area contributed by atoms with Crippen LogP contribution in [0.4, 0.5) is 0 Å². The fraction of sp³-hybridized carbons (Fsp3) is 0.158. The van der Waals surface area contributed by atoms with Crippen LogP contribution in [0.3, 0.4) is 0 Å². The summed E-state index contributed by atoms with van der Waals surface area (Å²) in [7, 11) is -3.80. The third-order valence-corrected chi connectivity index (χ3v) is 6.66. The molecule has 9 heteroatoms. The van der Waals surface area contributed by atoms with E-state index in [-0.39, 0.29) is 10.9 Å². The number of halogens is 1. The molecule has 0 unspecified atom stereocenters. The Hall–Kier alpha value is -2.84. The van der Waals surface area contributed by atoms with Crippen molar-refractivity contribution in [2.75, 3.05) is 0 Å². The molecule has 0 saturated heterocycles. The van der Waals surface area contributed by atoms with E-state index in [0.717, 1.165) is 12.0 Å². The van der Waals surface area contributed by atoms with Gasteiger partial charge in [0.15, 0.2) is 0 Å².